The van der Waals surface area contributed by atoms with Crippen LogP contribution in [0.4, 0.5) is 8.78 Å². The molecule has 0 atom stereocenters. The highest BCUT2D eigenvalue weighted by Crippen LogP contribution is 2.35. The maximum Gasteiger partial charge on any atom is 0.168 e. The first kappa shape index (κ1) is 13.3. The summed E-state index contributed by atoms with van der Waals surface area (Å²) in [5.41, 5.74) is 0.784. The number of ether oxygens (including phenoxy) is 1. The highest BCUT2D eigenvalue weighted by atomic mass is 79.9. The van der Waals surface area contributed by atoms with Crippen molar-refractivity contribution < 1.29 is 13.5 Å². The summed E-state index contributed by atoms with van der Waals surface area (Å²) in [6, 6.07) is 8.34. The van der Waals surface area contributed by atoms with E-state index in [9.17, 15) is 8.78 Å². The highest BCUT2D eigenvalue weighted by Gasteiger charge is 2.12. The maximum atomic E-state index is 13.5. The topological polar surface area (TPSA) is 9.23 Å². The zero-order valence-electron chi connectivity index (χ0n) is 9.09. The molecule has 0 aliphatic carbocycles. The molecule has 0 saturated carbocycles. The van der Waals surface area contributed by atoms with E-state index in [4.69, 9.17) is 16.3 Å². The van der Waals surface area contributed by atoms with E-state index in [1.807, 2.05) is 0 Å². The summed E-state index contributed by atoms with van der Waals surface area (Å²) in [6.07, 6.45) is 0. The summed E-state index contributed by atoms with van der Waals surface area (Å²) < 4.78 is 31.7. The molecule has 0 saturated heterocycles. The molecule has 0 N–H and O–H groups in total. The Balaban J connectivity index is 2.39. The molecule has 0 amide bonds. The Hall–Kier alpha value is -1.13. The third kappa shape index (κ3) is 2.82. The molecule has 2 aromatic rings. The van der Waals surface area contributed by atoms with Gasteiger partial charge in [-0.1, -0.05) is 39.7 Å². The minimum atomic E-state index is -0.768. The van der Waals surface area contributed by atoms with Gasteiger partial charge in [0.25, 0.3) is 0 Å². The van der Waals surface area contributed by atoms with Crippen molar-refractivity contribution in [3.63, 3.8) is 0 Å². The maximum absolute atomic E-state index is 13.5. The fourth-order valence-electron chi connectivity index (χ4n) is 1.44. The van der Waals surface area contributed by atoms with Crippen LogP contribution in [0.1, 0.15) is 5.56 Å². The van der Waals surface area contributed by atoms with Crippen LogP contribution < -0.4 is 4.74 Å². The monoisotopic (exact) mass is 332 g/mol. The van der Waals surface area contributed by atoms with Crippen LogP contribution >= 0.6 is 27.5 Å². The number of para-hydroxylation sites is 1. The third-order valence-corrected chi connectivity index (χ3v) is 3.20. The van der Waals surface area contributed by atoms with Gasteiger partial charge in [-0.3, -0.25) is 0 Å². The van der Waals surface area contributed by atoms with E-state index in [0.717, 1.165) is 17.7 Å². The van der Waals surface area contributed by atoms with Gasteiger partial charge in [0.2, 0.25) is 0 Å². The van der Waals surface area contributed by atoms with Gasteiger partial charge in [0.15, 0.2) is 11.6 Å². The van der Waals surface area contributed by atoms with E-state index in [2.05, 4.69) is 15.9 Å². The normalized spacial score (nSPS) is 10.4. The van der Waals surface area contributed by atoms with Crippen LogP contribution in [-0.2, 0) is 5.33 Å². The Morgan fingerprint density at radius 3 is 2.61 bits per heavy atom. The Morgan fingerprint density at radius 1 is 1.17 bits per heavy atom. The molecule has 2 rings (SSSR count). The van der Waals surface area contributed by atoms with Crippen LogP contribution in [0.25, 0.3) is 0 Å². The largest absolute Gasteiger partial charge is 0.452 e. The first-order chi connectivity index (χ1) is 8.61. The average Bonchev–Trinajstić information content (AvgIpc) is 2.34. The molecule has 0 spiro atoms. The first-order valence-electron chi connectivity index (χ1n) is 5.08. The molecule has 94 valence electrons. The lowest BCUT2D eigenvalue weighted by molar-refractivity contribution is 0.435. The predicted octanol–water partition coefficient (Wildman–Crippen LogP) is 5.31. The van der Waals surface area contributed by atoms with Crippen molar-refractivity contribution in [3.8, 4) is 11.5 Å². The van der Waals surface area contributed by atoms with Crippen LogP contribution in [-0.4, -0.2) is 0 Å². The predicted molar refractivity (Wildman–Crippen MR) is 70.5 cm³/mol. The minimum Gasteiger partial charge on any atom is -0.452 e. The quantitative estimate of drug-likeness (QED) is 0.692. The molecule has 0 unspecified atom stereocenters. The fourth-order valence-corrected chi connectivity index (χ4v) is 2.12. The number of halogens is 4. The van der Waals surface area contributed by atoms with Gasteiger partial charge in [0.05, 0.1) is 5.02 Å². The van der Waals surface area contributed by atoms with Crippen molar-refractivity contribution in [1.82, 2.24) is 0 Å². The molecular weight excluding hydrogens is 325 g/mol. The standard InChI is InChI=1S/C13H8BrClF2O/c14-7-8-2-1-3-10(15)13(8)18-12-5-4-9(16)6-11(12)17/h1-6H,7H2. The molecule has 5 heteroatoms. The lowest BCUT2D eigenvalue weighted by Crippen LogP contribution is -1.93. The summed E-state index contributed by atoms with van der Waals surface area (Å²) in [5.74, 6) is -1.12. The zero-order chi connectivity index (χ0) is 13.1. The van der Waals surface area contributed by atoms with Crippen LogP contribution in [0.5, 0.6) is 11.5 Å². The number of hydrogen-bond acceptors (Lipinski definition) is 1. The molecule has 18 heavy (non-hydrogen) atoms. The molecule has 1 nitrogen and oxygen atoms in total. The van der Waals surface area contributed by atoms with Gasteiger partial charge in [-0.05, 0) is 18.2 Å². The van der Waals surface area contributed by atoms with E-state index in [0.29, 0.717) is 16.1 Å². The smallest absolute Gasteiger partial charge is 0.168 e. The Morgan fingerprint density at radius 2 is 1.94 bits per heavy atom. The third-order valence-electron chi connectivity index (χ3n) is 2.30. The van der Waals surface area contributed by atoms with Gasteiger partial charge < -0.3 is 4.74 Å². The van der Waals surface area contributed by atoms with Gasteiger partial charge in [-0.25, -0.2) is 8.78 Å². The molecular formula is C13H8BrClF2O. The van der Waals surface area contributed by atoms with Crippen LogP contribution in [0, 0.1) is 11.6 Å². The molecule has 0 radical (unpaired) electrons. The van der Waals surface area contributed by atoms with Gasteiger partial charge in [0.1, 0.15) is 11.6 Å². The number of rotatable bonds is 3. The Bertz CT molecular complexity index is 575. The van der Waals surface area contributed by atoms with Crippen molar-refractivity contribution in [2.45, 2.75) is 5.33 Å². The molecule has 0 aromatic heterocycles. The van der Waals surface area contributed by atoms with Crippen molar-refractivity contribution in [2.24, 2.45) is 0 Å². The molecule has 0 aliphatic heterocycles. The molecule has 0 fully saturated rings. The van der Waals surface area contributed by atoms with E-state index < -0.39 is 11.6 Å². The van der Waals surface area contributed by atoms with Crippen molar-refractivity contribution >= 4 is 27.5 Å². The summed E-state index contributed by atoms with van der Waals surface area (Å²) >= 11 is 9.29. The Labute approximate surface area is 116 Å². The molecule has 0 heterocycles. The molecule has 0 aliphatic rings. The average molecular weight is 334 g/mol. The van der Waals surface area contributed by atoms with Crippen LogP contribution in [0.3, 0.4) is 0 Å². The van der Waals surface area contributed by atoms with E-state index in [-0.39, 0.29) is 5.75 Å². The second-order valence-corrected chi connectivity index (χ2v) is 4.51. The van der Waals surface area contributed by atoms with Crippen molar-refractivity contribution in [3.05, 3.63) is 58.6 Å². The van der Waals surface area contributed by atoms with Crippen LogP contribution in [0.15, 0.2) is 36.4 Å². The summed E-state index contributed by atoms with van der Waals surface area (Å²) in [7, 11) is 0. The molecule has 0 bridgehead atoms. The van der Waals surface area contributed by atoms with Crippen LogP contribution in [0.2, 0.25) is 5.02 Å². The minimum absolute atomic E-state index is 0.0632. The second-order valence-electron chi connectivity index (χ2n) is 3.54. The van der Waals surface area contributed by atoms with Crippen molar-refractivity contribution in [2.75, 3.05) is 0 Å². The lowest BCUT2D eigenvalue weighted by atomic mass is 10.2. The van der Waals surface area contributed by atoms with Gasteiger partial charge in [0, 0.05) is 17.0 Å². The molecule has 2 aromatic carbocycles. The number of hydrogen-bond donors (Lipinski definition) is 0. The van der Waals surface area contributed by atoms with Crippen molar-refractivity contribution in [1.29, 1.82) is 0 Å². The van der Waals surface area contributed by atoms with E-state index in [1.165, 1.54) is 6.07 Å². The number of alkyl halides is 1. The number of benzene rings is 2. The zero-order valence-corrected chi connectivity index (χ0v) is 11.4. The van der Waals surface area contributed by atoms with Gasteiger partial charge in [-0.2, -0.15) is 0 Å². The van der Waals surface area contributed by atoms with E-state index >= 15 is 0 Å². The fraction of sp³-hybridized carbons (Fsp3) is 0.0769. The Kier molecular flexibility index (Phi) is 4.19. The van der Waals surface area contributed by atoms with Gasteiger partial charge in [-0.15, -0.1) is 0 Å². The SMILES string of the molecule is Fc1ccc(Oc2c(Cl)cccc2CBr)c(F)c1. The second kappa shape index (κ2) is 5.67. The summed E-state index contributed by atoms with van der Waals surface area (Å²) in [5, 5.41) is 0.891. The lowest BCUT2D eigenvalue weighted by Gasteiger charge is -2.11. The highest BCUT2D eigenvalue weighted by molar-refractivity contribution is 9.08. The summed E-state index contributed by atoms with van der Waals surface area (Å²) in [6.45, 7) is 0. The van der Waals surface area contributed by atoms with Gasteiger partial charge >= 0.3 is 0 Å². The first-order valence-corrected chi connectivity index (χ1v) is 6.58. The summed E-state index contributed by atoms with van der Waals surface area (Å²) in [4.78, 5) is 0. The van der Waals surface area contributed by atoms with E-state index in [1.54, 1.807) is 18.2 Å².